The van der Waals surface area contributed by atoms with Gasteiger partial charge in [0, 0.05) is 17.4 Å². The molecule has 0 saturated carbocycles. The first-order valence-electron chi connectivity index (χ1n) is 2.99. The summed E-state index contributed by atoms with van der Waals surface area (Å²) >= 11 is 0. The lowest BCUT2D eigenvalue weighted by molar-refractivity contribution is -0.362. The minimum atomic E-state index is 0. The van der Waals surface area contributed by atoms with Crippen LogP contribution < -0.4 is 15.3 Å². The van der Waals surface area contributed by atoms with Gasteiger partial charge in [0.15, 0.2) is 0 Å². The van der Waals surface area contributed by atoms with Crippen molar-refractivity contribution in [1.82, 2.24) is 0 Å². The second-order valence-electron chi connectivity index (χ2n) is 0.866. The molecule has 0 aromatic rings. The molecule has 0 aromatic carbocycles. The van der Waals surface area contributed by atoms with Gasteiger partial charge in [0.2, 0.25) is 0 Å². The number of rotatable bonds is 0. The molecule has 0 aromatic heterocycles. The van der Waals surface area contributed by atoms with Gasteiger partial charge in [0.1, 0.15) is 0 Å². The van der Waals surface area contributed by atoms with E-state index in [9.17, 15) is 0 Å². The third kappa shape index (κ3) is 2720. The Balaban J connectivity index is -0.0000000257. The van der Waals surface area contributed by atoms with Crippen molar-refractivity contribution in [2.45, 2.75) is 20.8 Å². The van der Waals surface area contributed by atoms with Gasteiger partial charge >= 0.3 is 0 Å². The van der Waals surface area contributed by atoms with Gasteiger partial charge in [-0.1, -0.05) is 20.8 Å². The van der Waals surface area contributed by atoms with Crippen molar-refractivity contribution in [2.24, 2.45) is 0 Å². The standard InChI is InChI=1S/3C2H5O.Al/c3*1-2-3;/h3*2H2,1H3;/q3*-1;. The van der Waals surface area contributed by atoms with Crippen molar-refractivity contribution in [1.29, 1.82) is 0 Å². The zero-order chi connectivity index (χ0) is 8.12. The number of hydrogen-bond donors (Lipinski definition) is 0. The predicted molar refractivity (Wildman–Crippen MR) is 37.4 cm³/mol. The van der Waals surface area contributed by atoms with E-state index >= 15 is 0 Å². The maximum absolute atomic E-state index is 8.93. The van der Waals surface area contributed by atoms with Crippen LogP contribution in [0, 0.1) is 0 Å². The van der Waals surface area contributed by atoms with Crippen LogP contribution in [0.15, 0.2) is 0 Å². The van der Waals surface area contributed by atoms with Gasteiger partial charge in [0.05, 0.1) is 0 Å². The molecule has 0 amide bonds. The summed E-state index contributed by atoms with van der Waals surface area (Å²) in [4.78, 5) is 0. The molecule has 63 valence electrons. The topological polar surface area (TPSA) is 69.2 Å². The molecule has 0 spiro atoms. The van der Waals surface area contributed by atoms with Crippen LogP contribution in [0.2, 0.25) is 0 Å². The molecule has 4 heteroatoms. The molecule has 0 unspecified atom stereocenters. The van der Waals surface area contributed by atoms with Gasteiger partial charge < -0.3 is 15.3 Å². The fourth-order valence-electron chi connectivity index (χ4n) is 0. The Morgan fingerprint density at radius 1 is 0.700 bits per heavy atom. The normalized spacial score (nSPS) is 5.40. The first kappa shape index (κ1) is 22.4. The average Bonchev–Trinajstić information content (AvgIpc) is 1.70. The molecule has 0 aliphatic heterocycles. The summed E-state index contributed by atoms with van der Waals surface area (Å²) in [7, 11) is 0. The van der Waals surface area contributed by atoms with Gasteiger partial charge in [-0.3, -0.25) is 0 Å². The molecule has 3 radical (unpaired) electrons. The fraction of sp³-hybridized carbons (Fsp3) is 1.00. The van der Waals surface area contributed by atoms with Crippen LogP contribution in [-0.4, -0.2) is 37.2 Å². The fourth-order valence-corrected chi connectivity index (χ4v) is 0. The molecule has 0 heterocycles. The monoisotopic (exact) mass is 162 g/mol. The van der Waals surface area contributed by atoms with E-state index in [4.69, 9.17) is 15.3 Å². The summed E-state index contributed by atoms with van der Waals surface area (Å²) in [6.07, 6.45) is 0. The highest BCUT2D eigenvalue weighted by molar-refractivity contribution is 5.75. The lowest BCUT2D eigenvalue weighted by Crippen LogP contribution is -1.97. The Labute approximate surface area is 73.8 Å². The van der Waals surface area contributed by atoms with Crippen LogP contribution in [0.25, 0.3) is 0 Å². The second kappa shape index (κ2) is 57.2. The molecule has 0 aliphatic rings. The van der Waals surface area contributed by atoms with Crippen LogP contribution in [0.5, 0.6) is 0 Å². The van der Waals surface area contributed by atoms with Crippen LogP contribution in [0.3, 0.4) is 0 Å². The smallest absolute Gasteiger partial charge is 0 e. The molecule has 3 nitrogen and oxygen atoms in total. The minimum absolute atomic E-state index is 0. The van der Waals surface area contributed by atoms with E-state index in [0.717, 1.165) is 0 Å². The molecule has 0 aliphatic carbocycles. The first-order valence-corrected chi connectivity index (χ1v) is 2.99. The lowest BCUT2D eigenvalue weighted by Gasteiger charge is -1.79. The molecular weight excluding hydrogens is 147 g/mol. The molecular formula is C6H15AlO3-3. The Morgan fingerprint density at radius 3 is 0.700 bits per heavy atom. The van der Waals surface area contributed by atoms with E-state index in [1.807, 2.05) is 0 Å². The summed E-state index contributed by atoms with van der Waals surface area (Å²) in [5.74, 6) is 0. The number of hydrogen-bond acceptors (Lipinski definition) is 3. The maximum Gasteiger partial charge on any atom is 0 e. The van der Waals surface area contributed by atoms with E-state index in [1.165, 1.54) is 0 Å². The van der Waals surface area contributed by atoms with Gasteiger partial charge in [-0.2, -0.15) is 0 Å². The molecule has 10 heavy (non-hydrogen) atoms. The minimum Gasteiger partial charge on any atom is -0.855 e. The molecule has 0 saturated heterocycles. The first-order chi connectivity index (χ1) is 4.24. The van der Waals surface area contributed by atoms with Crippen LogP contribution in [0.4, 0.5) is 0 Å². The zero-order valence-corrected chi connectivity index (χ0v) is 8.08. The second-order valence-corrected chi connectivity index (χ2v) is 0.866. The summed E-state index contributed by atoms with van der Waals surface area (Å²) in [5, 5.41) is 26.8. The van der Waals surface area contributed by atoms with Gasteiger partial charge in [0.25, 0.3) is 0 Å². The molecule has 0 atom stereocenters. The SMILES string of the molecule is CC[O-].CC[O-].CC[O-].[Al]. The largest absolute Gasteiger partial charge is 0.855 e. The van der Waals surface area contributed by atoms with Gasteiger partial charge in [-0.05, 0) is 0 Å². The highest BCUT2D eigenvalue weighted by Gasteiger charge is 1.17. The van der Waals surface area contributed by atoms with Gasteiger partial charge in [-0.15, -0.1) is 19.8 Å². The average molecular weight is 162 g/mol. The summed E-state index contributed by atoms with van der Waals surface area (Å²) < 4.78 is 0. The van der Waals surface area contributed by atoms with Crippen LogP contribution in [-0.2, 0) is 0 Å². The van der Waals surface area contributed by atoms with Crippen molar-refractivity contribution >= 4 is 17.4 Å². The van der Waals surface area contributed by atoms with E-state index in [2.05, 4.69) is 0 Å². The van der Waals surface area contributed by atoms with E-state index < -0.39 is 0 Å². The molecule has 0 rings (SSSR count). The Morgan fingerprint density at radius 2 is 0.700 bits per heavy atom. The lowest BCUT2D eigenvalue weighted by atomic mass is 10.9. The third-order valence-corrected chi connectivity index (χ3v) is 0. The molecule has 0 N–H and O–H groups in total. The van der Waals surface area contributed by atoms with Crippen molar-refractivity contribution < 1.29 is 15.3 Å². The van der Waals surface area contributed by atoms with Gasteiger partial charge in [-0.25, -0.2) is 0 Å². The van der Waals surface area contributed by atoms with Crippen molar-refractivity contribution in [3.63, 3.8) is 0 Å². The summed E-state index contributed by atoms with van der Waals surface area (Å²) in [6.45, 7) is 4.71. The highest BCUT2D eigenvalue weighted by atomic mass is 27.0. The maximum atomic E-state index is 8.93. The van der Waals surface area contributed by atoms with E-state index in [0.29, 0.717) is 0 Å². The predicted octanol–water partition coefficient (Wildman–Crippen LogP) is -2.28. The Hall–Kier alpha value is 0.412. The van der Waals surface area contributed by atoms with Crippen molar-refractivity contribution in [2.75, 3.05) is 19.8 Å². The molecule has 0 fully saturated rings. The Bertz CT molecular complexity index is 17.7. The quantitative estimate of drug-likeness (QED) is 0.377. The van der Waals surface area contributed by atoms with Crippen LogP contribution >= 0.6 is 0 Å². The van der Waals surface area contributed by atoms with Crippen molar-refractivity contribution in [3.05, 3.63) is 0 Å². The van der Waals surface area contributed by atoms with E-state index in [-0.39, 0.29) is 37.2 Å². The van der Waals surface area contributed by atoms with Crippen LogP contribution in [0.1, 0.15) is 20.8 Å². The zero-order valence-electron chi connectivity index (χ0n) is 6.92. The van der Waals surface area contributed by atoms with Crippen molar-refractivity contribution in [3.8, 4) is 0 Å². The highest BCUT2D eigenvalue weighted by Crippen LogP contribution is 1.19. The summed E-state index contributed by atoms with van der Waals surface area (Å²) in [5.41, 5.74) is 0. The molecule has 0 bridgehead atoms. The van der Waals surface area contributed by atoms with E-state index in [1.54, 1.807) is 20.8 Å². The third-order valence-electron chi connectivity index (χ3n) is 0. The Kier molecular flexibility index (Phi) is 128. The summed E-state index contributed by atoms with van der Waals surface area (Å²) in [6, 6.07) is 0.